The summed E-state index contributed by atoms with van der Waals surface area (Å²) in [7, 11) is 1.65. The normalized spacial score (nSPS) is 19.7. The molecule has 3 aromatic carbocycles. The van der Waals surface area contributed by atoms with Gasteiger partial charge in [-0.15, -0.1) is 0 Å². The molecule has 3 N–H and O–H groups in total. The quantitative estimate of drug-likeness (QED) is 0.284. The van der Waals surface area contributed by atoms with Crippen molar-refractivity contribution in [3.63, 3.8) is 0 Å². The molecule has 0 bridgehead atoms. The number of aromatic amines is 1. The lowest BCUT2D eigenvalue weighted by Crippen LogP contribution is -2.21. The number of nitrogens with zero attached hydrogens (tertiary/aromatic N) is 2. The minimum absolute atomic E-state index is 0.0575. The van der Waals surface area contributed by atoms with Crippen LogP contribution in [0.2, 0.25) is 0 Å². The van der Waals surface area contributed by atoms with Gasteiger partial charge in [0.1, 0.15) is 11.5 Å². The first-order valence-electron chi connectivity index (χ1n) is 12.4. The molecule has 3 heterocycles. The summed E-state index contributed by atoms with van der Waals surface area (Å²) in [6.45, 7) is 2.50. The summed E-state index contributed by atoms with van der Waals surface area (Å²) in [5.41, 5.74) is 5.08. The average molecular weight is 492 g/mol. The summed E-state index contributed by atoms with van der Waals surface area (Å²) in [5, 5.41) is 16.2. The monoisotopic (exact) mass is 491 g/mol. The van der Waals surface area contributed by atoms with Crippen molar-refractivity contribution in [2.45, 2.75) is 24.7 Å². The van der Waals surface area contributed by atoms with Gasteiger partial charge in [0.15, 0.2) is 5.82 Å². The van der Waals surface area contributed by atoms with Crippen molar-refractivity contribution in [1.29, 1.82) is 0 Å². The van der Waals surface area contributed by atoms with Crippen LogP contribution in [-0.2, 0) is 10.2 Å². The fraction of sp³-hybridized carbons (Fsp3) is 0.207. The highest BCUT2D eigenvalue weighted by molar-refractivity contribution is 6.10. The zero-order valence-corrected chi connectivity index (χ0v) is 20.5. The molecule has 0 saturated heterocycles. The Kier molecular flexibility index (Phi) is 4.66. The van der Waals surface area contributed by atoms with Crippen LogP contribution in [-0.4, -0.2) is 34.8 Å². The molecular formula is C29H25N5O3. The number of anilines is 3. The van der Waals surface area contributed by atoms with Gasteiger partial charge in [0.25, 0.3) is 0 Å². The molecule has 7 rings (SSSR count). The zero-order chi connectivity index (χ0) is 25.1. The third kappa shape index (κ3) is 3.25. The molecule has 2 atom stereocenters. The van der Waals surface area contributed by atoms with Gasteiger partial charge in [-0.05, 0) is 66.9 Å². The predicted octanol–water partition coefficient (Wildman–Crippen LogP) is 5.64. The summed E-state index contributed by atoms with van der Waals surface area (Å²) >= 11 is 0. The number of aromatic nitrogens is 3. The van der Waals surface area contributed by atoms with Crippen LogP contribution in [0.4, 0.5) is 17.2 Å². The summed E-state index contributed by atoms with van der Waals surface area (Å²) in [5.74, 6) is 2.35. The van der Waals surface area contributed by atoms with Crippen LogP contribution in [0.3, 0.4) is 0 Å². The summed E-state index contributed by atoms with van der Waals surface area (Å²) < 4.78 is 11.3. The third-order valence-electron chi connectivity index (χ3n) is 7.57. The third-order valence-corrected chi connectivity index (χ3v) is 7.57. The molecule has 1 amide bonds. The molecule has 184 valence electrons. The minimum atomic E-state index is -0.538. The van der Waals surface area contributed by atoms with Gasteiger partial charge in [-0.3, -0.25) is 14.9 Å². The molecule has 1 saturated carbocycles. The summed E-state index contributed by atoms with van der Waals surface area (Å²) in [6.07, 6.45) is 2.55. The number of carbonyl (C=O) groups is 1. The predicted molar refractivity (Wildman–Crippen MR) is 143 cm³/mol. The van der Waals surface area contributed by atoms with Crippen LogP contribution in [0.5, 0.6) is 11.5 Å². The number of ether oxygens (including phenoxy) is 2. The van der Waals surface area contributed by atoms with E-state index in [-0.39, 0.29) is 11.8 Å². The number of benzene rings is 3. The number of nitrogens with one attached hydrogen (secondary N) is 3. The van der Waals surface area contributed by atoms with Gasteiger partial charge in [-0.2, -0.15) is 5.10 Å². The maximum Gasteiger partial charge on any atom is 0.235 e. The van der Waals surface area contributed by atoms with Gasteiger partial charge < -0.3 is 20.1 Å². The summed E-state index contributed by atoms with van der Waals surface area (Å²) in [4.78, 5) is 17.5. The van der Waals surface area contributed by atoms with Gasteiger partial charge in [0, 0.05) is 34.6 Å². The van der Waals surface area contributed by atoms with Gasteiger partial charge in [-0.1, -0.05) is 12.1 Å². The SMILES string of the molecule is CCOc1cc2ncccc2cc1Nc1n[nH]c2cc([C@@H]3C[C@@]34C(=O)Nc3ccc(OC)cc34)ccc12. The molecule has 37 heavy (non-hydrogen) atoms. The van der Waals surface area contributed by atoms with Crippen LogP contribution in [0.25, 0.3) is 21.8 Å². The van der Waals surface area contributed by atoms with Crippen LogP contribution in [0.1, 0.15) is 30.4 Å². The fourth-order valence-corrected chi connectivity index (χ4v) is 5.65. The number of fused-ring (bicyclic) bond motifs is 4. The number of methoxy groups -OCH3 is 1. The lowest BCUT2D eigenvalue weighted by Gasteiger charge is -2.13. The van der Waals surface area contributed by atoms with Crippen LogP contribution in [0.15, 0.2) is 66.9 Å². The molecule has 2 aliphatic rings. The van der Waals surface area contributed by atoms with Gasteiger partial charge in [0.2, 0.25) is 5.91 Å². The maximum absolute atomic E-state index is 13.0. The highest BCUT2D eigenvalue weighted by Crippen LogP contribution is 2.65. The second-order valence-electron chi connectivity index (χ2n) is 9.57. The Morgan fingerprint density at radius 2 is 2.05 bits per heavy atom. The van der Waals surface area contributed by atoms with Crippen molar-refractivity contribution >= 4 is 44.9 Å². The first-order chi connectivity index (χ1) is 18.1. The number of carbonyl (C=O) groups excluding carboxylic acids is 1. The topological polar surface area (TPSA) is 101 Å². The molecule has 1 fully saturated rings. The van der Waals surface area contributed by atoms with Crippen molar-refractivity contribution in [1.82, 2.24) is 15.2 Å². The molecule has 8 heteroatoms. The van der Waals surface area contributed by atoms with Gasteiger partial charge in [-0.25, -0.2) is 0 Å². The van der Waals surface area contributed by atoms with Crippen LogP contribution in [0, 0.1) is 0 Å². The smallest absolute Gasteiger partial charge is 0.235 e. The molecule has 0 radical (unpaired) electrons. The standard InChI is InChI=1S/C29H25N5O3/c1-3-37-26-14-23-17(5-4-10-30-23)12-25(26)31-27-19-8-6-16(11-24(19)33-34-27)21-15-29(21)20-13-18(36-2)7-9-22(20)32-28(29)35/h4-14,21H,3,15H2,1-2H3,(H,32,35)(H2,31,33,34)/t21-,29-/m0/s1. The molecule has 8 nitrogen and oxygen atoms in total. The second kappa shape index (κ2) is 7.96. The Hall–Kier alpha value is -4.59. The zero-order valence-electron chi connectivity index (χ0n) is 20.5. The first-order valence-corrected chi connectivity index (χ1v) is 12.4. The Bertz CT molecular complexity index is 1710. The lowest BCUT2D eigenvalue weighted by molar-refractivity contribution is -0.118. The van der Waals surface area contributed by atoms with Gasteiger partial charge in [0.05, 0.1) is 35.9 Å². The number of amides is 1. The van der Waals surface area contributed by atoms with E-state index in [1.54, 1.807) is 13.3 Å². The molecule has 1 spiro atoms. The van der Waals surface area contributed by atoms with Crippen LogP contribution >= 0.6 is 0 Å². The Morgan fingerprint density at radius 3 is 2.92 bits per heavy atom. The Balaban J connectivity index is 1.22. The van der Waals surface area contributed by atoms with E-state index in [2.05, 4.69) is 44.0 Å². The molecule has 0 unspecified atom stereocenters. The molecule has 1 aliphatic heterocycles. The van der Waals surface area contributed by atoms with Crippen molar-refractivity contribution < 1.29 is 14.3 Å². The number of hydrogen-bond acceptors (Lipinski definition) is 6. The van der Waals surface area contributed by atoms with E-state index >= 15 is 0 Å². The van der Waals surface area contributed by atoms with E-state index in [1.165, 1.54) is 0 Å². The maximum atomic E-state index is 13.0. The highest BCUT2D eigenvalue weighted by atomic mass is 16.5. The highest BCUT2D eigenvalue weighted by Gasteiger charge is 2.65. The minimum Gasteiger partial charge on any atom is -0.497 e. The largest absolute Gasteiger partial charge is 0.497 e. The molecule has 1 aliphatic carbocycles. The van der Waals surface area contributed by atoms with E-state index in [4.69, 9.17) is 9.47 Å². The lowest BCUT2D eigenvalue weighted by atomic mass is 9.91. The summed E-state index contributed by atoms with van der Waals surface area (Å²) in [6, 6.07) is 20.0. The molecule has 2 aromatic heterocycles. The number of hydrogen-bond donors (Lipinski definition) is 3. The van der Waals surface area contributed by atoms with Crippen LogP contribution < -0.4 is 20.1 Å². The van der Waals surface area contributed by atoms with E-state index in [0.717, 1.165) is 62.2 Å². The number of rotatable bonds is 6. The second-order valence-corrected chi connectivity index (χ2v) is 9.57. The van der Waals surface area contributed by atoms with Crippen molar-refractivity contribution in [2.24, 2.45) is 0 Å². The van der Waals surface area contributed by atoms with E-state index < -0.39 is 5.41 Å². The number of H-pyrrole nitrogens is 1. The van der Waals surface area contributed by atoms with E-state index in [9.17, 15) is 4.79 Å². The van der Waals surface area contributed by atoms with Crippen molar-refractivity contribution in [3.05, 3.63) is 78.0 Å². The van der Waals surface area contributed by atoms with E-state index in [1.807, 2.05) is 49.4 Å². The fourth-order valence-electron chi connectivity index (χ4n) is 5.65. The Morgan fingerprint density at radius 1 is 1.14 bits per heavy atom. The molecule has 5 aromatic rings. The van der Waals surface area contributed by atoms with E-state index in [0.29, 0.717) is 12.4 Å². The average Bonchev–Trinajstić information content (AvgIpc) is 3.47. The van der Waals surface area contributed by atoms with Crippen molar-refractivity contribution in [3.8, 4) is 11.5 Å². The number of pyridine rings is 1. The molecular weight excluding hydrogens is 466 g/mol. The Labute approximate surface area is 213 Å². The first kappa shape index (κ1) is 21.7. The van der Waals surface area contributed by atoms with Gasteiger partial charge >= 0.3 is 0 Å². The van der Waals surface area contributed by atoms with Crippen molar-refractivity contribution in [2.75, 3.05) is 24.4 Å².